The van der Waals surface area contributed by atoms with Gasteiger partial charge in [0.25, 0.3) is 0 Å². The molecule has 0 amide bonds. The second-order valence-electron chi connectivity index (χ2n) is 2.34. The molecule has 1 radical (unpaired) electrons. The molecule has 1 aromatic rings. The SMILES string of the molecule is C.C.CCc1ccc(C)cc1.[CH3-].[Y]. The van der Waals surface area contributed by atoms with Gasteiger partial charge < -0.3 is 7.43 Å². The fraction of sp³-hybridized carbons (Fsp3) is 0.417. The largest absolute Gasteiger partial charge is 0.358 e. The van der Waals surface area contributed by atoms with Crippen molar-refractivity contribution in [2.24, 2.45) is 0 Å². The molecule has 0 atom stereocenters. The van der Waals surface area contributed by atoms with Gasteiger partial charge in [0.1, 0.15) is 0 Å². The van der Waals surface area contributed by atoms with Crippen molar-refractivity contribution in [1.29, 1.82) is 0 Å². The van der Waals surface area contributed by atoms with E-state index in [0.29, 0.717) is 0 Å². The quantitative estimate of drug-likeness (QED) is 0.658. The summed E-state index contributed by atoms with van der Waals surface area (Å²) in [6.07, 6.45) is 1.14. The molecule has 13 heavy (non-hydrogen) atoms. The average Bonchev–Trinajstić information content (AvgIpc) is 1.90. The van der Waals surface area contributed by atoms with Crippen LogP contribution in [0, 0.1) is 14.4 Å². The molecule has 0 aliphatic rings. The fourth-order valence-electron chi connectivity index (χ4n) is 0.824. The standard InChI is InChI=1S/C9H12.2CH4.CH3.Y/c1-3-9-6-4-8(2)5-7-9;;;;/h4-7H,3H2,1-2H3;2*1H4;1H3;/q;;;-1;. The molecular formula is C12H23Y-. The van der Waals surface area contributed by atoms with Gasteiger partial charge in [-0.1, -0.05) is 51.6 Å². The van der Waals surface area contributed by atoms with Crippen molar-refractivity contribution in [3.63, 3.8) is 0 Å². The number of benzene rings is 1. The molecule has 1 heteroatoms. The average molecular weight is 256 g/mol. The third-order valence-corrected chi connectivity index (χ3v) is 1.53. The summed E-state index contributed by atoms with van der Waals surface area (Å²) < 4.78 is 0. The molecule has 1 aromatic carbocycles. The van der Waals surface area contributed by atoms with Crippen LogP contribution in [0.3, 0.4) is 0 Å². The van der Waals surface area contributed by atoms with Crippen LogP contribution in [-0.2, 0) is 39.1 Å². The van der Waals surface area contributed by atoms with Crippen LogP contribution in [0.25, 0.3) is 0 Å². The van der Waals surface area contributed by atoms with Crippen molar-refractivity contribution in [2.75, 3.05) is 0 Å². The Labute approximate surface area is 110 Å². The summed E-state index contributed by atoms with van der Waals surface area (Å²) in [6.45, 7) is 4.28. The van der Waals surface area contributed by atoms with E-state index in [-0.39, 0.29) is 55.0 Å². The van der Waals surface area contributed by atoms with Crippen molar-refractivity contribution in [1.82, 2.24) is 0 Å². The Balaban J connectivity index is -0.000000101. The van der Waals surface area contributed by atoms with Crippen LogP contribution in [0.15, 0.2) is 24.3 Å². The third kappa shape index (κ3) is 8.65. The van der Waals surface area contributed by atoms with Crippen molar-refractivity contribution < 1.29 is 32.7 Å². The molecule has 75 valence electrons. The van der Waals surface area contributed by atoms with Gasteiger partial charge in [-0.05, 0) is 18.9 Å². The molecule has 0 nitrogen and oxygen atoms in total. The van der Waals surface area contributed by atoms with E-state index in [9.17, 15) is 0 Å². The van der Waals surface area contributed by atoms with E-state index in [1.54, 1.807) is 0 Å². The summed E-state index contributed by atoms with van der Waals surface area (Å²) in [4.78, 5) is 0. The Morgan fingerprint density at radius 2 is 1.38 bits per heavy atom. The Bertz CT molecular complexity index is 177. The summed E-state index contributed by atoms with van der Waals surface area (Å²) in [5.41, 5.74) is 2.76. The first-order chi connectivity index (χ1) is 4.33. The van der Waals surface area contributed by atoms with Gasteiger partial charge in [0.2, 0.25) is 0 Å². The summed E-state index contributed by atoms with van der Waals surface area (Å²) in [7, 11) is 0. The molecule has 0 unspecified atom stereocenters. The zero-order valence-corrected chi connectivity index (χ0v) is 10.4. The molecule has 0 N–H and O–H groups in total. The second-order valence-corrected chi connectivity index (χ2v) is 2.34. The minimum absolute atomic E-state index is 0. The van der Waals surface area contributed by atoms with Gasteiger partial charge in [0.05, 0.1) is 0 Å². The normalized spacial score (nSPS) is 6.62. The van der Waals surface area contributed by atoms with E-state index >= 15 is 0 Å². The van der Waals surface area contributed by atoms with E-state index in [2.05, 4.69) is 38.1 Å². The summed E-state index contributed by atoms with van der Waals surface area (Å²) in [6, 6.07) is 8.66. The molecule has 0 aliphatic carbocycles. The van der Waals surface area contributed by atoms with Gasteiger partial charge in [-0.2, -0.15) is 0 Å². The van der Waals surface area contributed by atoms with Gasteiger partial charge in [0, 0.05) is 32.7 Å². The van der Waals surface area contributed by atoms with Gasteiger partial charge in [-0.3, -0.25) is 0 Å². The molecule has 0 fully saturated rings. The Kier molecular flexibility index (Phi) is 22.1. The van der Waals surface area contributed by atoms with Gasteiger partial charge in [-0.15, -0.1) is 0 Å². The molecule has 0 saturated carbocycles. The second kappa shape index (κ2) is 12.3. The summed E-state index contributed by atoms with van der Waals surface area (Å²) >= 11 is 0. The number of hydrogen-bond donors (Lipinski definition) is 0. The van der Waals surface area contributed by atoms with Crippen molar-refractivity contribution in [3.8, 4) is 0 Å². The number of aryl methyl sites for hydroxylation is 2. The van der Waals surface area contributed by atoms with E-state index < -0.39 is 0 Å². The smallest absolute Gasteiger partial charge is 0 e. The van der Waals surface area contributed by atoms with E-state index in [4.69, 9.17) is 0 Å². The predicted octanol–water partition coefficient (Wildman–Crippen LogP) is 4.28. The van der Waals surface area contributed by atoms with E-state index in [1.807, 2.05) is 0 Å². The van der Waals surface area contributed by atoms with Crippen molar-refractivity contribution in [2.45, 2.75) is 35.1 Å². The summed E-state index contributed by atoms with van der Waals surface area (Å²) in [5, 5.41) is 0. The first-order valence-electron chi connectivity index (χ1n) is 3.38. The fourth-order valence-corrected chi connectivity index (χ4v) is 0.824. The zero-order chi connectivity index (χ0) is 6.69. The minimum Gasteiger partial charge on any atom is -0.358 e. The zero-order valence-electron chi connectivity index (χ0n) is 7.59. The molecule has 0 spiro atoms. The predicted molar refractivity (Wildman–Crippen MR) is 60.4 cm³/mol. The molecule has 0 bridgehead atoms. The first-order valence-corrected chi connectivity index (χ1v) is 3.38. The maximum atomic E-state index is 2.18. The first kappa shape index (κ1) is 23.3. The number of hydrogen-bond acceptors (Lipinski definition) is 0. The molecule has 0 heterocycles. The van der Waals surface area contributed by atoms with Crippen LogP contribution in [0.2, 0.25) is 0 Å². The van der Waals surface area contributed by atoms with Crippen LogP contribution in [0.1, 0.15) is 32.9 Å². The molecular weight excluding hydrogens is 233 g/mol. The van der Waals surface area contributed by atoms with Crippen molar-refractivity contribution >= 4 is 0 Å². The minimum atomic E-state index is 0. The molecule has 1 rings (SSSR count). The van der Waals surface area contributed by atoms with Crippen LogP contribution in [0.4, 0.5) is 0 Å². The third-order valence-electron chi connectivity index (χ3n) is 1.53. The molecule has 0 saturated heterocycles. The van der Waals surface area contributed by atoms with Gasteiger partial charge in [0.15, 0.2) is 0 Å². The van der Waals surface area contributed by atoms with Crippen LogP contribution in [0.5, 0.6) is 0 Å². The number of rotatable bonds is 1. The molecule has 0 aromatic heterocycles. The Morgan fingerprint density at radius 1 is 1.00 bits per heavy atom. The summed E-state index contributed by atoms with van der Waals surface area (Å²) in [5.74, 6) is 0. The van der Waals surface area contributed by atoms with Crippen LogP contribution in [-0.4, -0.2) is 0 Å². The monoisotopic (exact) mass is 256 g/mol. The van der Waals surface area contributed by atoms with Crippen LogP contribution >= 0.6 is 0 Å². The van der Waals surface area contributed by atoms with Crippen LogP contribution < -0.4 is 0 Å². The maximum absolute atomic E-state index is 2.18. The maximum Gasteiger partial charge on any atom is 0 e. The topological polar surface area (TPSA) is 0 Å². The molecule has 0 aliphatic heterocycles. The van der Waals surface area contributed by atoms with Crippen molar-refractivity contribution in [3.05, 3.63) is 42.8 Å². The van der Waals surface area contributed by atoms with Gasteiger partial charge >= 0.3 is 0 Å². The Hall–Kier alpha value is 0.324. The van der Waals surface area contributed by atoms with Gasteiger partial charge in [-0.25, -0.2) is 0 Å². The van der Waals surface area contributed by atoms with E-state index in [1.165, 1.54) is 11.1 Å². The Morgan fingerprint density at radius 3 is 1.69 bits per heavy atom. The van der Waals surface area contributed by atoms with E-state index in [0.717, 1.165) is 6.42 Å².